The third-order valence-corrected chi connectivity index (χ3v) is 3.18. The van der Waals surface area contributed by atoms with Crippen molar-refractivity contribution < 1.29 is 27.9 Å². The molecule has 0 saturated heterocycles. The zero-order chi connectivity index (χ0) is 19.8. The molecule has 0 bridgehead atoms. The van der Waals surface area contributed by atoms with Crippen LogP contribution in [0.3, 0.4) is 0 Å². The Labute approximate surface area is 153 Å². The van der Waals surface area contributed by atoms with Crippen molar-refractivity contribution in [3.8, 4) is 0 Å². The third kappa shape index (κ3) is 6.35. The number of rotatable bonds is 6. The van der Waals surface area contributed by atoms with Crippen LogP contribution in [-0.4, -0.2) is 24.4 Å². The van der Waals surface area contributed by atoms with E-state index in [2.05, 4.69) is 10.6 Å². The molecule has 0 radical (unpaired) electrons. The lowest BCUT2D eigenvalue weighted by Gasteiger charge is -2.10. The van der Waals surface area contributed by atoms with E-state index in [1.807, 2.05) is 0 Å². The zero-order valence-electron chi connectivity index (χ0n) is 14.3. The number of hydrogen-bond donors (Lipinski definition) is 2. The second-order valence-electron chi connectivity index (χ2n) is 5.40. The van der Waals surface area contributed by atoms with Crippen molar-refractivity contribution in [1.29, 1.82) is 0 Å². The highest BCUT2D eigenvalue weighted by molar-refractivity contribution is 5.99. The Bertz CT molecular complexity index is 883. The first kappa shape index (κ1) is 19.8. The van der Waals surface area contributed by atoms with E-state index in [-0.39, 0.29) is 11.4 Å². The Morgan fingerprint density at radius 3 is 2.37 bits per heavy atom. The molecule has 27 heavy (non-hydrogen) atoms. The highest BCUT2D eigenvalue weighted by Gasteiger charge is 2.15. The zero-order valence-corrected chi connectivity index (χ0v) is 14.3. The predicted molar refractivity (Wildman–Crippen MR) is 94.2 cm³/mol. The SMILES string of the molecule is CC(=O)N/C(=C/c1ccccc1)C(=O)OCC(=O)Nc1ccc(F)c(F)c1. The lowest BCUT2D eigenvalue weighted by atomic mass is 10.2. The van der Waals surface area contributed by atoms with Crippen LogP contribution in [0.15, 0.2) is 54.2 Å². The molecular weight excluding hydrogens is 358 g/mol. The fraction of sp³-hybridized carbons (Fsp3) is 0.105. The molecule has 0 aliphatic carbocycles. The van der Waals surface area contributed by atoms with Crippen molar-refractivity contribution in [3.05, 3.63) is 71.4 Å². The number of nitrogens with one attached hydrogen (secondary N) is 2. The van der Waals surface area contributed by atoms with E-state index in [9.17, 15) is 23.2 Å². The van der Waals surface area contributed by atoms with Crippen LogP contribution in [0, 0.1) is 11.6 Å². The van der Waals surface area contributed by atoms with Crippen LogP contribution in [0.5, 0.6) is 0 Å². The van der Waals surface area contributed by atoms with Crippen LogP contribution in [-0.2, 0) is 19.1 Å². The molecule has 0 spiro atoms. The Morgan fingerprint density at radius 2 is 1.74 bits per heavy atom. The first-order valence-corrected chi connectivity index (χ1v) is 7.81. The summed E-state index contributed by atoms with van der Waals surface area (Å²) in [5.41, 5.74) is 0.510. The minimum absolute atomic E-state index is 0.0110. The number of carbonyl (C=O) groups excluding carboxylic acids is 3. The predicted octanol–water partition coefficient (Wildman–Crippen LogP) is 2.62. The molecule has 0 aromatic heterocycles. The van der Waals surface area contributed by atoms with Gasteiger partial charge in [-0.1, -0.05) is 30.3 Å². The summed E-state index contributed by atoms with van der Waals surface area (Å²) < 4.78 is 30.8. The van der Waals surface area contributed by atoms with Crippen LogP contribution in [0.4, 0.5) is 14.5 Å². The lowest BCUT2D eigenvalue weighted by Crippen LogP contribution is -2.28. The van der Waals surface area contributed by atoms with Gasteiger partial charge in [0.2, 0.25) is 5.91 Å². The molecule has 8 heteroatoms. The second kappa shape index (κ2) is 9.23. The molecule has 0 aliphatic rings. The fourth-order valence-corrected chi connectivity index (χ4v) is 2.03. The van der Waals surface area contributed by atoms with Gasteiger partial charge < -0.3 is 15.4 Å². The summed E-state index contributed by atoms with van der Waals surface area (Å²) in [6.45, 7) is 0.547. The summed E-state index contributed by atoms with van der Waals surface area (Å²) in [7, 11) is 0. The van der Waals surface area contributed by atoms with Gasteiger partial charge in [-0.3, -0.25) is 9.59 Å². The average Bonchev–Trinajstić information content (AvgIpc) is 2.63. The van der Waals surface area contributed by atoms with Crippen molar-refractivity contribution in [2.24, 2.45) is 0 Å². The van der Waals surface area contributed by atoms with Crippen LogP contribution in [0.25, 0.3) is 6.08 Å². The Morgan fingerprint density at radius 1 is 1.04 bits per heavy atom. The van der Waals surface area contributed by atoms with E-state index in [0.29, 0.717) is 5.56 Å². The summed E-state index contributed by atoms with van der Waals surface area (Å²) in [5.74, 6) is -4.33. The van der Waals surface area contributed by atoms with Gasteiger partial charge in [0.1, 0.15) is 5.70 Å². The van der Waals surface area contributed by atoms with Crippen LogP contribution in [0.1, 0.15) is 12.5 Å². The molecule has 2 N–H and O–H groups in total. The summed E-state index contributed by atoms with van der Waals surface area (Å²) in [4.78, 5) is 35.2. The van der Waals surface area contributed by atoms with Crippen molar-refractivity contribution >= 4 is 29.5 Å². The largest absolute Gasteiger partial charge is 0.451 e. The minimum atomic E-state index is -1.12. The van der Waals surface area contributed by atoms with E-state index in [1.54, 1.807) is 30.3 Å². The standard InChI is InChI=1S/C19H16F2N2O4/c1-12(24)22-17(9-13-5-3-2-4-6-13)19(26)27-11-18(25)23-14-7-8-15(20)16(21)10-14/h2-10H,11H2,1H3,(H,22,24)(H,23,25)/b17-9+. The maximum Gasteiger partial charge on any atom is 0.355 e. The normalized spacial score (nSPS) is 10.9. The number of esters is 1. The van der Waals surface area contributed by atoms with Crippen LogP contribution in [0.2, 0.25) is 0 Å². The Balaban J connectivity index is 2.00. The molecule has 6 nitrogen and oxygen atoms in total. The molecule has 0 heterocycles. The number of benzene rings is 2. The minimum Gasteiger partial charge on any atom is -0.451 e. The van der Waals surface area contributed by atoms with Crippen molar-refractivity contribution in [3.63, 3.8) is 0 Å². The van der Waals surface area contributed by atoms with Gasteiger partial charge in [-0.05, 0) is 23.8 Å². The van der Waals surface area contributed by atoms with E-state index >= 15 is 0 Å². The fourth-order valence-electron chi connectivity index (χ4n) is 2.03. The van der Waals surface area contributed by atoms with Crippen molar-refractivity contribution in [2.75, 3.05) is 11.9 Å². The summed E-state index contributed by atoms with van der Waals surface area (Å²) >= 11 is 0. The molecule has 0 fully saturated rings. The molecule has 0 unspecified atom stereocenters. The van der Waals surface area contributed by atoms with Crippen molar-refractivity contribution in [1.82, 2.24) is 5.32 Å². The molecule has 2 aromatic rings. The maximum atomic E-state index is 13.1. The highest BCUT2D eigenvalue weighted by atomic mass is 19.2. The lowest BCUT2D eigenvalue weighted by molar-refractivity contribution is -0.144. The van der Waals surface area contributed by atoms with Crippen molar-refractivity contribution in [2.45, 2.75) is 6.92 Å². The first-order chi connectivity index (χ1) is 12.8. The van der Waals surface area contributed by atoms with Gasteiger partial charge in [0.05, 0.1) is 0 Å². The summed E-state index contributed by atoms with van der Waals surface area (Å²) in [6, 6.07) is 11.5. The van der Waals surface area contributed by atoms with Gasteiger partial charge in [0, 0.05) is 18.7 Å². The van der Waals surface area contributed by atoms with Gasteiger partial charge in [-0.15, -0.1) is 0 Å². The molecular formula is C19H16F2N2O4. The average molecular weight is 374 g/mol. The van der Waals surface area contributed by atoms with Gasteiger partial charge in [0.15, 0.2) is 18.2 Å². The molecule has 2 amide bonds. The molecule has 2 rings (SSSR count). The smallest absolute Gasteiger partial charge is 0.355 e. The maximum absolute atomic E-state index is 13.1. The van der Waals surface area contributed by atoms with Crippen LogP contribution < -0.4 is 10.6 Å². The quantitative estimate of drug-likeness (QED) is 0.601. The third-order valence-electron chi connectivity index (χ3n) is 3.18. The number of anilines is 1. The topological polar surface area (TPSA) is 84.5 Å². The Kier molecular flexibility index (Phi) is 6.76. The van der Waals surface area contributed by atoms with Gasteiger partial charge in [0.25, 0.3) is 5.91 Å². The van der Waals surface area contributed by atoms with E-state index in [1.165, 1.54) is 13.0 Å². The van der Waals surface area contributed by atoms with Gasteiger partial charge in [-0.25, -0.2) is 13.6 Å². The van der Waals surface area contributed by atoms with E-state index < -0.39 is 36.0 Å². The molecule has 0 aliphatic heterocycles. The van der Waals surface area contributed by atoms with E-state index in [4.69, 9.17) is 4.74 Å². The van der Waals surface area contributed by atoms with Gasteiger partial charge >= 0.3 is 5.97 Å². The number of hydrogen-bond acceptors (Lipinski definition) is 4. The second-order valence-corrected chi connectivity index (χ2v) is 5.40. The van der Waals surface area contributed by atoms with Crippen LogP contribution >= 0.6 is 0 Å². The molecule has 0 saturated carbocycles. The Hall–Kier alpha value is -3.55. The highest BCUT2D eigenvalue weighted by Crippen LogP contribution is 2.13. The summed E-state index contributed by atoms with van der Waals surface area (Å²) in [6.07, 6.45) is 1.40. The van der Waals surface area contributed by atoms with E-state index in [0.717, 1.165) is 18.2 Å². The first-order valence-electron chi connectivity index (χ1n) is 7.81. The number of amides is 2. The number of halogens is 2. The molecule has 140 valence electrons. The number of carbonyl (C=O) groups is 3. The van der Waals surface area contributed by atoms with Gasteiger partial charge in [-0.2, -0.15) is 0 Å². The number of ether oxygens (including phenoxy) is 1. The molecule has 0 atom stereocenters. The summed E-state index contributed by atoms with van der Waals surface area (Å²) in [5, 5.41) is 4.61. The monoisotopic (exact) mass is 374 g/mol. The molecule has 2 aromatic carbocycles.